The highest BCUT2D eigenvalue weighted by Crippen LogP contribution is 2.59. The Hall–Kier alpha value is -0.410. The van der Waals surface area contributed by atoms with Crippen LogP contribution in [0.2, 0.25) is 0 Å². The molecule has 4 aliphatic carbocycles. The lowest BCUT2D eigenvalue weighted by Crippen LogP contribution is -2.43. The van der Waals surface area contributed by atoms with E-state index in [0.717, 1.165) is 34.6 Å². The summed E-state index contributed by atoms with van der Waals surface area (Å²) in [5, 5.41) is 3.41. The number of hydrogen-bond acceptors (Lipinski definition) is 3. The Bertz CT molecular complexity index is 398. The zero-order valence-electron chi connectivity index (χ0n) is 10.1. The second-order valence-corrected chi connectivity index (χ2v) is 7.27. The normalized spacial score (nSPS) is 43.2. The fourth-order valence-corrected chi connectivity index (χ4v) is 5.70. The topological polar surface area (TPSA) is 38.9 Å². The Balaban J connectivity index is 1.65. The highest BCUT2D eigenvalue weighted by molar-refractivity contribution is 7.09. The summed E-state index contributed by atoms with van der Waals surface area (Å²) < 4.78 is 0. The summed E-state index contributed by atoms with van der Waals surface area (Å²) in [5.41, 5.74) is 7.06. The van der Waals surface area contributed by atoms with Crippen LogP contribution < -0.4 is 5.73 Å². The monoisotopic (exact) mass is 248 g/mol. The molecule has 2 nitrogen and oxygen atoms in total. The van der Waals surface area contributed by atoms with E-state index >= 15 is 0 Å². The minimum absolute atomic E-state index is 0.609. The molecule has 4 bridgehead atoms. The highest BCUT2D eigenvalue weighted by atomic mass is 32.1. The summed E-state index contributed by atoms with van der Waals surface area (Å²) in [5.74, 6) is 4.78. The van der Waals surface area contributed by atoms with Crippen LogP contribution in [0.1, 0.15) is 48.7 Å². The van der Waals surface area contributed by atoms with Crippen LogP contribution in [-0.4, -0.2) is 4.98 Å². The average molecular weight is 248 g/mol. The summed E-state index contributed by atoms with van der Waals surface area (Å²) in [6, 6.07) is 0. The van der Waals surface area contributed by atoms with Crippen LogP contribution in [0.3, 0.4) is 0 Å². The van der Waals surface area contributed by atoms with E-state index in [-0.39, 0.29) is 0 Å². The Morgan fingerprint density at radius 2 is 1.76 bits per heavy atom. The Morgan fingerprint density at radius 1 is 1.12 bits per heavy atom. The van der Waals surface area contributed by atoms with E-state index in [4.69, 9.17) is 10.7 Å². The molecule has 0 unspecified atom stereocenters. The molecular weight excluding hydrogens is 228 g/mol. The van der Waals surface area contributed by atoms with Crippen molar-refractivity contribution in [3.8, 4) is 0 Å². The second-order valence-electron chi connectivity index (χ2n) is 6.33. The molecule has 0 aromatic carbocycles. The van der Waals surface area contributed by atoms with E-state index in [1.54, 1.807) is 11.3 Å². The van der Waals surface area contributed by atoms with Gasteiger partial charge in [0.2, 0.25) is 0 Å². The number of rotatable bonds is 2. The lowest BCUT2D eigenvalue weighted by Gasteiger charge is -2.54. The van der Waals surface area contributed by atoms with Crippen LogP contribution in [0.4, 0.5) is 0 Å². The van der Waals surface area contributed by atoms with Gasteiger partial charge in [0.05, 0.1) is 5.69 Å². The van der Waals surface area contributed by atoms with E-state index in [1.807, 2.05) is 0 Å². The molecule has 0 atom stereocenters. The molecule has 0 saturated heterocycles. The van der Waals surface area contributed by atoms with Gasteiger partial charge in [0.1, 0.15) is 5.01 Å². The van der Waals surface area contributed by atoms with Crippen molar-refractivity contribution in [1.29, 1.82) is 0 Å². The Morgan fingerprint density at radius 3 is 2.29 bits per heavy atom. The van der Waals surface area contributed by atoms with Gasteiger partial charge in [0.25, 0.3) is 0 Å². The van der Waals surface area contributed by atoms with Gasteiger partial charge < -0.3 is 5.73 Å². The zero-order chi connectivity index (χ0) is 11.4. The summed E-state index contributed by atoms with van der Waals surface area (Å²) in [4.78, 5) is 4.77. The quantitative estimate of drug-likeness (QED) is 0.873. The van der Waals surface area contributed by atoms with Crippen LogP contribution >= 0.6 is 11.3 Å². The molecule has 0 amide bonds. The lowest BCUT2D eigenvalue weighted by molar-refractivity contribution is -0.00399. The van der Waals surface area contributed by atoms with Crippen molar-refractivity contribution in [2.75, 3.05) is 0 Å². The molecule has 4 saturated carbocycles. The summed E-state index contributed by atoms with van der Waals surface area (Å²) in [6.45, 7) is 0.609. The fraction of sp³-hybridized carbons (Fsp3) is 0.786. The van der Waals surface area contributed by atoms with E-state index in [1.165, 1.54) is 37.8 Å². The van der Waals surface area contributed by atoms with Gasteiger partial charge in [-0.05, 0) is 55.8 Å². The second kappa shape index (κ2) is 3.79. The number of aromatic nitrogens is 1. The molecule has 2 N–H and O–H groups in total. The van der Waals surface area contributed by atoms with Crippen LogP contribution in [0.15, 0.2) is 5.38 Å². The van der Waals surface area contributed by atoms with Crippen LogP contribution in [-0.2, 0) is 6.54 Å². The van der Waals surface area contributed by atoms with Crippen molar-refractivity contribution in [3.05, 3.63) is 16.1 Å². The zero-order valence-corrected chi connectivity index (χ0v) is 11.0. The van der Waals surface area contributed by atoms with Gasteiger partial charge in [0, 0.05) is 17.8 Å². The standard InChI is InChI=1S/C14H20N2S/c15-6-13-16-12(7-17-13)14-10-2-8-1-9(4-10)5-11(14)3-8/h7-11,14H,1-6,15H2. The summed E-state index contributed by atoms with van der Waals surface area (Å²) in [7, 11) is 0. The molecule has 4 fully saturated rings. The van der Waals surface area contributed by atoms with E-state index in [0.29, 0.717) is 6.54 Å². The van der Waals surface area contributed by atoms with Gasteiger partial charge in [-0.3, -0.25) is 0 Å². The first-order valence-corrected chi connectivity index (χ1v) is 7.85. The number of nitrogens with two attached hydrogens (primary N) is 1. The van der Waals surface area contributed by atoms with Crippen molar-refractivity contribution in [3.63, 3.8) is 0 Å². The van der Waals surface area contributed by atoms with E-state index < -0.39 is 0 Å². The molecular formula is C14H20N2S. The minimum Gasteiger partial charge on any atom is -0.325 e. The third kappa shape index (κ3) is 1.59. The lowest BCUT2D eigenvalue weighted by atomic mass is 9.51. The van der Waals surface area contributed by atoms with E-state index in [9.17, 15) is 0 Å². The minimum atomic E-state index is 0.609. The number of hydrogen-bond donors (Lipinski definition) is 1. The van der Waals surface area contributed by atoms with Crippen molar-refractivity contribution >= 4 is 11.3 Å². The first-order valence-electron chi connectivity index (χ1n) is 6.98. The first-order chi connectivity index (χ1) is 8.33. The van der Waals surface area contributed by atoms with Crippen LogP contribution in [0, 0.1) is 23.7 Å². The Kier molecular flexibility index (Phi) is 2.34. The number of thiazole rings is 1. The van der Waals surface area contributed by atoms with Gasteiger partial charge in [-0.25, -0.2) is 4.98 Å². The molecule has 4 aliphatic rings. The van der Waals surface area contributed by atoms with Crippen molar-refractivity contribution in [2.24, 2.45) is 29.4 Å². The van der Waals surface area contributed by atoms with Gasteiger partial charge in [-0.2, -0.15) is 0 Å². The molecule has 92 valence electrons. The van der Waals surface area contributed by atoms with Gasteiger partial charge >= 0.3 is 0 Å². The van der Waals surface area contributed by atoms with Gasteiger partial charge in [-0.15, -0.1) is 11.3 Å². The third-order valence-corrected chi connectivity index (χ3v) is 6.20. The molecule has 0 spiro atoms. The molecule has 1 aromatic heterocycles. The molecule has 0 radical (unpaired) electrons. The Labute approximate surface area is 107 Å². The summed E-state index contributed by atoms with van der Waals surface area (Å²) in [6.07, 6.45) is 7.45. The third-order valence-electron chi connectivity index (χ3n) is 5.31. The van der Waals surface area contributed by atoms with Crippen molar-refractivity contribution < 1.29 is 0 Å². The van der Waals surface area contributed by atoms with Crippen LogP contribution in [0.5, 0.6) is 0 Å². The van der Waals surface area contributed by atoms with E-state index in [2.05, 4.69) is 5.38 Å². The predicted molar refractivity (Wildman–Crippen MR) is 69.8 cm³/mol. The van der Waals surface area contributed by atoms with Gasteiger partial charge in [-0.1, -0.05) is 0 Å². The fourth-order valence-electron chi connectivity index (χ4n) is 4.98. The van der Waals surface area contributed by atoms with Gasteiger partial charge in [0.15, 0.2) is 0 Å². The number of nitrogens with zero attached hydrogens (tertiary/aromatic N) is 1. The average Bonchev–Trinajstić information content (AvgIpc) is 2.76. The van der Waals surface area contributed by atoms with Crippen molar-refractivity contribution in [1.82, 2.24) is 4.98 Å². The SMILES string of the molecule is NCc1nc(C2C3CC4CC(C3)CC2C4)cs1. The molecule has 1 aromatic rings. The van der Waals surface area contributed by atoms with Crippen LogP contribution in [0.25, 0.3) is 0 Å². The highest BCUT2D eigenvalue weighted by Gasteiger charge is 2.49. The first kappa shape index (κ1) is 10.5. The maximum absolute atomic E-state index is 5.69. The molecule has 0 aliphatic heterocycles. The van der Waals surface area contributed by atoms with Crippen molar-refractivity contribution in [2.45, 2.75) is 44.6 Å². The molecule has 17 heavy (non-hydrogen) atoms. The smallest absolute Gasteiger partial charge is 0.106 e. The largest absolute Gasteiger partial charge is 0.325 e. The predicted octanol–water partition coefficient (Wildman–Crippen LogP) is 3.14. The maximum atomic E-state index is 5.69. The molecule has 1 heterocycles. The maximum Gasteiger partial charge on any atom is 0.106 e. The summed E-state index contributed by atoms with van der Waals surface area (Å²) >= 11 is 1.76. The molecule has 5 rings (SSSR count). The molecule has 3 heteroatoms.